The summed E-state index contributed by atoms with van der Waals surface area (Å²) in [7, 11) is 0. The minimum atomic E-state index is -0.260. The average Bonchev–Trinajstić information content (AvgIpc) is 1.85. The SMILES string of the molecule is CC(C)CCOC(C)(C)CON. The topological polar surface area (TPSA) is 44.5 Å². The van der Waals surface area contributed by atoms with Crippen molar-refractivity contribution in [2.24, 2.45) is 11.8 Å². The van der Waals surface area contributed by atoms with Crippen molar-refractivity contribution in [3.05, 3.63) is 0 Å². The van der Waals surface area contributed by atoms with Crippen LogP contribution in [0.5, 0.6) is 0 Å². The molecule has 0 aliphatic heterocycles. The molecule has 0 aliphatic carbocycles. The smallest absolute Gasteiger partial charge is 0.0963 e. The highest BCUT2D eigenvalue weighted by Crippen LogP contribution is 2.10. The largest absolute Gasteiger partial charge is 0.373 e. The van der Waals surface area contributed by atoms with Crippen LogP contribution in [-0.4, -0.2) is 18.8 Å². The van der Waals surface area contributed by atoms with Crippen LogP contribution in [0.4, 0.5) is 0 Å². The molecule has 12 heavy (non-hydrogen) atoms. The zero-order chi connectivity index (χ0) is 9.61. The van der Waals surface area contributed by atoms with Gasteiger partial charge in [0.2, 0.25) is 0 Å². The molecule has 0 spiro atoms. The van der Waals surface area contributed by atoms with Crippen molar-refractivity contribution in [3.63, 3.8) is 0 Å². The van der Waals surface area contributed by atoms with E-state index in [-0.39, 0.29) is 5.60 Å². The molecule has 0 bridgehead atoms. The Morgan fingerprint density at radius 3 is 2.33 bits per heavy atom. The Morgan fingerprint density at radius 1 is 1.33 bits per heavy atom. The van der Waals surface area contributed by atoms with Crippen molar-refractivity contribution in [2.75, 3.05) is 13.2 Å². The molecule has 2 N–H and O–H groups in total. The standard InChI is InChI=1S/C9H21NO2/c1-8(2)5-6-11-9(3,4)7-12-10/h8H,5-7,10H2,1-4H3. The Bertz CT molecular complexity index is 113. The Kier molecular flexibility index (Phi) is 5.46. The summed E-state index contributed by atoms with van der Waals surface area (Å²) in [5.74, 6) is 5.65. The third-order valence-corrected chi connectivity index (χ3v) is 1.62. The first-order valence-electron chi connectivity index (χ1n) is 4.43. The van der Waals surface area contributed by atoms with Gasteiger partial charge in [-0.25, -0.2) is 5.90 Å². The average molecular weight is 175 g/mol. The van der Waals surface area contributed by atoms with E-state index in [0.29, 0.717) is 12.5 Å². The fourth-order valence-corrected chi connectivity index (χ4v) is 0.813. The minimum Gasteiger partial charge on any atom is -0.373 e. The van der Waals surface area contributed by atoms with Gasteiger partial charge in [0.1, 0.15) is 0 Å². The number of rotatable bonds is 6. The molecule has 0 heterocycles. The Morgan fingerprint density at radius 2 is 1.92 bits per heavy atom. The highest BCUT2D eigenvalue weighted by molar-refractivity contribution is 4.66. The third-order valence-electron chi connectivity index (χ3n) is 1.62. The molecule has 0 rings (SSSR count). The lowest BCUT2D eigenvalue weighted by Crippen LogP contribution is -2.32. The lowest BCUT2D eigenvalue weighted by atomic mass is 10.1. The summed E-state index contributed by atoms with van der Waals surface area (Å²) in [6, 6.07) is 0. The van der Waals surface area contributed by atoms with Crippen LogP contribution in [0.15, 0.2) is 0 Å². The van der Waals surface area contributed by atoms with E-state index in [9.17, 15) is 0 Å². The fourth-order valence-electron chi connectivity index (χ4n) is 0.813. The quantitative estimate of drug-likeness (QED) is 0.625. The molecule has 0 aromatic carbocycles. The molecule has 0 unspecified atom stereocenters. The lowest BCUT2D eigenvalue weighted by Gasteiger charge is -2.24. The molecular formula is C9H21NO2. The molecule has 0 saturated carbocycles. The Labute approximate surface area is 75.2 Å². The third kappa shape index (κ3) is 6.58. The van der Waals surface area contributed by atoms with Crippen LogP contribution in [0.1, 0.15) is 34.1 Å². The van der Waals surface area contributed by atoms with Crippen molar-refractivity contribution in [1.82, 2.24) is 0 Å². The van der Waals surface area contributed by atoms with Gasteiger partial charge < -0.3 is 9.57 Å². The summed E-state index contributed by atoms with van der Waals surface area (Å²) in [6.07, 6.45) is 1.08. The van der Waals surface area contributed by atoms with Crippen molar-refractivity contribution in [3.8, 4) is 0 Å². The van der Waals surface area contributed by atoms with Gasteiger partial charge in [0.15, 0.2) is 0 Å². The molecule has 3 heteroatoms. The van der Waals surface area contributed by atoms with Crippen molar-refractivity contribution >= 4 is 0 Å². The van der Waals surface area contributed by atoms with Gasteiger partial charge in [-0.05, 0) is 26.2 Å². The zero-order valence-corrected chi connectivity index (χ0v) is 8.59. The molecule has 0 atom stereocenters. The molecule has 0 aromatic rings. The maximum Gasteiger partial charge on any atom is 0.0963 e. The van der Waals surface area contributed by atoms with E-state index in [1.54, 1.807) is 0 Å². The Balaban J connectivity index is 3.46. The van der Waals surface area contributed by atoms with E-state index in [1.165, 1.54) is 0 Å². The summed E-state index contributed by atoms with van der Waals surface area (Å²) in [4.78, 5) is 4.54. The number of hydrogen-bond acceptors (Lipinski definition) is 3. The first-order chi connectivity index (χ1) is 5.48. The van der Waals surface area contributed by atoms with Gasteiger partial charge in [0.25, 0.3) is 0 Å². The zero-order valence-electron chi connectivity index (χ0n) is 8.59. The highest BCUT2D eigenvalue weighted by Gasteiger charge is 2.17. The number of hydrogen-bond donors (Lipinski definition) is 1. The van der Waals surface area contributed by atoms with Crippen LogP contribution in [0.2, 0.25) is 0 Å². The minimum absolute atomic E-state index is 0.260. The van der Waals surface area contributed by atoms with Crippen LogP contribution < -0.4 is 5.90 Å². The van der Waals surface area contributed by atoms with Crippen molar-refractivity contribution < 1.29 is 9.57 Å². The van der Waals surface area contributed by atoms with Gasteiger partial charge in [0, 0.05) is 6.61 Å². The highest BCUT2D eigenvalue weighted by atomic mass is 16.6. The predicted octanol–water partition coefficient (Wildman–Crippen LogP) is 1.72. The maximum absolute atomic E-state index is 5.58. The second kappa shape index (κ2) is 5.51. The molecule has 74 valence electrons. The second-order valence-corrected chi connectivity index (χ2v) is 4.10. The second-order valence-electron chi connectivity index (χ2n) is 4.10. The van der Waals surface area contributed by atoms with Crippen LogP contribution in [0, 0.1) is 5.92 Å². The van der Waals surface area contributed by atoms with Crippen molar-refractivity contribution in [2.45, 2.75) is 39.7 Å². The molecule has 0 saturated heterocycles. The Hall–Kier alpha value is -0.120. The predicted molar refractivity (Wildman–Crippen MR) is 49.6 cm³/mol. The summed E-state index contributed by atoms with van der Waals surface area (Å²) in [5, 5.41) is 0. The molecular weight excluding hydrogens is 154 g/mol. The van der Waals surface area contributed by atoms with Crippen LogP contribution >= 0.6 is 0 Å². The van der Waals surface area contributed by atoms with E-state index in [4.69, 9.17) is 10.6 Å². The lowest BCUT2D eigenvalue weighted by molar-refractivity contribution is -0.0784. The molecule has 0 fully saturated rings. The van der Waals surface area contributed by atoms with E-state index < -0.39 is 0 Å². The number of ether oxygens (including phenoxy) is 1. The van der Waals surface area contributed by atoms with Gasteiger partial charge in [-0.3, -0.25) is 0 Å². The van der Waals surface area contributed by atoms with E-state index in [2.05, 4.69) is 18.7 Å². The van der Waals surface area contributed by atoms with Gasteiger partial charge in [0.05, 0.1) is 12.2 Å². The van der Waals surface area contributed by atoms with E-state index in [1.807, 2.05) is 13.8 Å². The summed E-state index contributed by atoms with van der Waals surface area (Å²) in [5.41, 5.74) is -0.260. The molecule has 0 amide bonds. The first-order valence-corrected chi connectivity index (χ1v) is 4.43. The normalized spacial score (nSPS) is 12.5. The molecule has 0 radical (unpaired) electrons. The fraction of sp³-hybridized carbons (Fsp3) is 1.00. The van der Waals surface area contributed by atoms with E-state index in [0.717, 1.165) is 13.0 Å². The van der Waals surface area contributed by atoms with Gasteiger partial charge in [-0.15, -0.1) is 0 Å². The monoisotopic (exact) mass is 175 g/mol. The number of nitrogens with two attached hydrogens (primary N) is 1. The maximum atomic E-state index is 5.58. The van der Waals surface area contributed by atoms with Crippen molar-refractivity contribution in [1.29, 1.82) is 0 Å². The molecule has 3 nitrogen and oxygen atoms in total. The summed E-state index contributed by atoms with van der Waals surface area (Å²) >= 11 is 0. The summed E-state index contributed by atoms with van der Waals surface area (Å²) in [6.45, 7) is 9.51. The molecule has 0 aliphatic rings. The van der Waals surface area contributed by atoms with Crippen LogP contribution in [-0.2, 0) is 9.57 Å². The molecule has 0 aromatic heterocycles. The van der Waals surface area contributed by atoms with Crippen LogP contribution in [0.25, 0.3) is 0 Å². The summed E-state index contributed by atoms with van der Waals surface area (Å²) < 4.78 is 5.58. The van der Waals surface area contributed by atoms with Gasteiger partial charge in [-0.1, -0.05) is 13.8 Å². The van der Waals surface area contributed by atoms with Gasteiger partial charge in [-0.2, -0.15) is 0 Å². The van der Waals surface area contributed by atoms with Gasteiger partial charge >= 0.3 is 0 Å². The first kappa shape index (κ1) is 11.9. The van der Waals surface area contributed by atoms with Crippen LogP contribution in [0.3, 0.4) is 0 Å². The van der Waals surface area contributed by atoms with E-state index >= 15 is 0 Å².